The molecule has 6 heteroatoms. The lowest BCUT2D eigenvalue weighted by Gasteiger charge is -2.12. The fraction of sp³-hybridized carbons (Fsp3) is 0.154. The number of anilines is 1. The van der Waals surface area contributed by atoms with Crippen molar-refractivity contribution in [1.82, 2.24) is 9.78 Å². The molecule has 3 aromatic carbocycles. The van der Waals surface area contributed by atoms with Gasteiger partial charge in [0.05, 0.1) is 25.5 Å². The largest absolute Gasteiger partial charge is 0.497 e. The number of amides is 1. The molecule has 0 saturated heterocycles. The van der Waals surface area contributed by atoms with Crippen molar-refractivity contribution in [2.45, 2.75) is 13.8 Å². The van der Waals surface area contributed by atoms with Crippen molar-refractivity contribution >= 4 is 11.6 Å². The van der Waals surface area contributed by atoms with Crippen LogP contribution >= 0.6 is 0 Å². The third-order valence-electron chi connectivity index (χ3n) is 5.49. The summed E-state index contributed by atoms with van der Waals surface area (Å²) in [4.78, 5) is 13.4. The lowest BCUT2D eigenvalue weighted by atomic mass is 10.0. The van der Waals surface area contributed by atoms with Gasteiger partial charge in [-0.15, -0.1) is 0 Å². The Bertz CT molecular complexity index is 1260. The Morgan fingerprint density at radius 1 is 0.938 bits per heavy atom. The normalized spacial score (nSPS) is 10.6. The molecule has 0 spiro atoms. The summed E-state index contributed by atoms with van der Waals surface area (Å²) in [6.07, 6.45) is 1.74. The Balaban J connectivity index is 1.85. The standard InChI is InChI=1S/C26H25N3O3/c1-17-9-8-12-23(18(17)2)27-26(30)22-16-29(19-10-6-5-7-11-19)28-25(22)21-15-20(31-3)13-14-24(21)32-4/h5-16H,1-4H3,(H,27,30). The molecule has 1 aromatic heterocycles. The number of carbonyl (C=O) groups is 1. The van der Waals surface area contributed by atoms with Crippen LogP contribution in [0, 0.1) is 13.8 Å². The van der Waals surface area contributed by atoms with E-state index < -0.39 is 0 Å². The van der Waals surface area contributed by atoms with Gasteiger partial charge < -0.3 is 14.8 Å². The molecule has 0 saturated carbocycles. The maximum Gasteiger partial charge on any atom is 0.259 e. The first-order valence-corrected chi connectivity index (χ1v) is 10.3. The lowest BCUT2D eigenvalue weighted by Crippen LogP contribution is -2.13. The molecule has 0 aliphatic carbocycles. The van der Waals surface area contributed by atoms with Crippen molar-refractivity contribution in [2.75, 3.05) is 19.5 Å². The summed E-state index contributed by atoms with van der Waals surface area (Å²) in [5.41, 5.74) is 5.36. The molecule has 1 N–H and O–H groups in total. The van der Waals surface area contributed by atoms with Crippen molar-refractivity contribution < 1.29 is 14.3 Å². The monoisotopic (exact) mass is 427 g/mol. The minimum absolute atomic E-state index is 0.249. The van der Waals surface area contributed by atoms with E-state index in [0.29, 0.717) is 28.3 Å². The first-order chi connectivity index (χ1) is 15.5. The second-order valence-corrected chi connectivity index (χ2v) is 7.44. The summed E-state index contributed by atoms with van der Waals surface area (Å²) in [7, 11) is 3.19. The van der Waals surface area contributed by atoms with Crippen LogP contribution in [0.25, 0.3) is 16.9 Å². The SMILES string of the molecule is COc1ccc(OC)c(-c2nn(-c3ccccc3)cc2C(=O)Nc2cccc(C)c2C)c1. The van der Waals surface area contributed by atoms with Crippen LogP contribution in [-0.2, 0) is 0 Å². The van der Waals surface area contributed by atoms with Crippen LogP contribution in [0.2, 0.25) is 0 Å². The Labute approximate surface area is 187 Å². The van der Waals surface area contributed by atoms with Crippen LogP contribution in [0.3, 0.4) is 0 Å². The number of ether oxygens (including phenoxy) is 2. The second kappa shape index (κ2) is 8.98. The van der Waals surface area contributed by atoms with Crippen molar-refractivity contribution in [1.29, 1.82) is 0 Å². The molecule has 0 aliphatic rings. The molecule has 0 fully saturated rings. The molecule has 1 heterocycles. The van der Waals surface area contributed by atoms with Gasteiger partial charge in [-0.05, 0) is 61.4 Å². The molecule has 0 atom stereocenters. The lowest BCUT2D eigenvalue weighted by molar-refractivity contribution is 0.102. The molecular weight excluding hydrogens is 402 g/mol. The molecule has 1 amide bonds. The molecule has 4 aromatic rings. The summed E-state index contributed by atoms with van der Waals surface area (Å²) in [5, 5.41) is 7.80. The Hall–Kier alpha value is -4.06. The Morgan fingerprint density at radius 2 is 1.72 bits per heavy atom. The topological polar surface area (TPSA) is 65.4 Å². The fourth-order valence-corrected chi connectivity index (χ4v) is 3.53. The number of nitrogens with zero attached hydrogens (tertiary/aromatic N) is 2. The fourth-order valence-electron chi connectivity index (χ4n) is 3.53. The van der Waals surface area contributed by atoms with Gasteiger partial charge in [-0.1, -0.05) is 30.3 Å². The smallest absolute Gasteiger partial charge is 0.259 e. The van der Waals surface area contributed by atoms with Gasteiger partial charge in [0.25, 0.3) is 5.91 Å². The summed E-state index contributed by atoms with van der Waals surface area (Å²) in [6, 6.07) is 21.0. The Morgan fingerprint density at radius 3 is 2.44 bits per heavy atom. The molecule has 162 valence electrons. The third kappa shape index (κ3) is 4.07. The van der Waals surface area contributed by atoms with E-state index in [1.165, 1.54) is 0 Å². The number of rotatable bonds is 6. The van der Waals surface area contributed by atoms with E-state index in [-0.39, 0.29) is 5.91 Å². The highest BCUT2D eigenvalue weighted by Crippen LogP contribution is 2.35. The number of hydrogen-bond donors (Lipinski definition) is 1. The average Bonchev–Trinajstić information content (AvgIpc) is 3.27. The van der Waals surface area contributed by atoms with E-state index in [2.05, 4.69) is 5.32 Å². The van der Waals surface area contributed by atoms with Crippen LogP contribution in [0.1, 0.15) is 21.5 Å². The van der Waals surface area contributed by atoms with Gasteiger partial charge in [0.2, 0.25) is 0 Å². The van der Waals surface area contributed by atoms with E-state index in [4.69, 9.17) is 14.6 Å². The molecule has 32 heavy (non-hydrogen) atoms. The number of benzene rings is 3. The summed E-state index contributed by atoms with van der Waals surface area (Å²) in [6.45, 7) is 4.01. The van der Waals surface area contributed by atoms with Crippen LogP contribution in [0.5, 0.6) is 11.5 Å². The molecular formula is C26H25N3O3. The van der Waals surface area contributed by atoms with E-state index in [1.54, 1.807) is 25.1 Å². The number of nitrogens with one attached hydrogen (secondary N) is 1. The van der Waals surface area contributed by atoms with Gasteiger partial charge in [-0.3, -0.25) is 4.79 Å². The number of carbonyl (C=O) groups excluding carboxylic acids is 1. The van der Waals surface area contributed by atoms with E-state index >= 15 is 0 Å². The second-order valence-electron chi connectivity index (χ2n) is 7.44. The average molecular weight is 428 g/mol. The maximum atomic E-state index is 13.4. The van der Waals surface area contributed by atoms with Crippen molar-refractivity contribution in [3.63, 3.8) is 0 Å². The van der Waals surface area contributed by atoms with Crippen LogP contribution < -0.4 is 14.8 Å². The number of para-hydroxylation sites is 1. The van der Waals surface area contributed by atoms with Gasteiger partial charge >= 0.3 is 0 Å². The van der Waals surface area contributed by atoms with Crippen molar-refractivity contribution in [2.24, 2.45) is 0 Å². The van der Waals surface area contributed by atoms with Crippen LogP contribution in [-0.4, -0.2) is 29.9 Å². The van der Waals surface area contributed by atoms with Crippen LogP contribution in [0.4, 0.5) is 5.69 Å². The van der Waals surface area contributed by atoms with E-state index in [1.807, 2.05) is 80.6 Å². The quantitative estimate of drug-likeness (QED) is 0.446. The van der Waals surface area contributed by atoms with Gasteiger partial charge in [0.1, 0.15) is 17.2 Å². The molecule has 0 aliphatic heterocycles. The minimum atomic E-state index is -0.249. The first kappa shape index (κ1) is 21.2. The number of hydrogen-bond acceptors (Lipinski definition) is 4. The molecule has 4 rings (SSSR count). The zero-order chi connectivity index (χ0) is 22.7. The van der Waals surface area contributed by atoms with Crippen molar-refractivity contribution in [3.8, 4) is 28.4 Å². The maximum absolute atomic E-state index is 13.4. The number of aryl methyl sites for hydroxylation is 1. The Kier molecular flexibility index (Phi) is 5.94. The minimum Gasteiger partial charge on any atom is -0.497 e. The molecule has 0 radical (unpaired) electrons. The third-order valence-corrected chi connectivity index (χ3v) is 5.49. The van der Waals surface area contributed by atoms with Crippen molar-refractivity contribution in [3.05, 3.63) is 89.6 Å². The van der Waals surface area contributed by atoms with Gasteiger partial charge in [-0.2, -0.15) is 5.10 Å². The summed E-state index contributed by atoms with van der Waals surface area (Å²) < 4.78 is 12.7. The zero-order valence-corrected chi connectivity index (χ0v) is 18.5. The van der Waals surface area contributed by atoms with E-state index in [0.717, 1.165) is 22.5 Å². The predicted molar refractivity (Wildman–Crippen MR) is 126 cm³/mol. The predicted octanol–water partition coefficient (Wildman–Crippen LogP) is 5.43. The highest BCUT2D eigenvalue weighted by atomic mass is 16.5. The summed E-state index contributed by atoms with van der Waals surface area (Å²) in [5.74, 6) is 1.00. The van der Waals surface area contributed by atoms with Gasteiger partial charge in [-0.25, -0.2) is 4.68 Å². The highest BCUT2D eigenvalue weighted by molar-refractivity contribution is 6.08. The molecule has 6 nitrogen and oxygen atoms in total. The van der Waals surface area contributed by atoms with Gasteiger partial charge in [0.15, 0.2) is 0 Å². The molecule has 0 bridgehead atoms. The number of aromatic nitrogens is 2. The van der Waals surface area contributed by atoms with Crippen LogP contribution in [0.15, 0.2) is 72.9 Å². The van der Waals surface area contributed by atoms with Gasteiger partial charge in [0, 0.05) is 17.4 Å². The van der Waals surface area contributed by atoms with E-state index in [9.17, 15) is 4.79 Å². The highest BCUT2D eigenvalue weighted by Gasteiger charge is 2.22. The zero-order valence-electron chi connectivity index (χ0n) is 18.5. The molecule has 0 unspecified atom stereocenters. The number of methoxy groups -OCH3 is 2. The first-order valence-electron chi connectivity index (χ1n) is 10.3. The summed E-state index contributed by atoms with van der Waals surface area (Å²) >= 11 is 0.